The zero-order valence-corrected chi connectivity index (χ0v) is 9.92. The molecule has 8 heteroatoms. The van der Waals surface area contributed by atoms with Crippen LogP contribution in [0.4, 0.5) is 0 Å². The first-order chi connectivity index (χ1) is 5.95. The predicted octanol–water partition coefficient (Wildman–Crippen LogP) is -0.703. The Labute approximate surface area is 89.3 Å². The molecule has 0 aromatic heterocycles. The molecule has 0 radical (unpaired) electrons. The minimum Gasteiger partial charge on any atom is -0.726 e. The summed E-state index contributed by atoms with van der Waals surface area (Å²) in [5, 5.41) is 8.45. The smallest absolute Gasteiger partial charge is 0.215 e. The van der Waals surface area contributed by atoms with Crippen LogP contribution in [-0.2, 0) is 10.4 Å². The van der Waals surface area contributed by atoms with E-state index in [1.807, 2.05) is 21.1 Å². The fourth-order valence-electron chi connectivity index (χ4n) is 0.652. The summed E-state index contributed by atoms with van der Waals surface area (Å²) in [5.74, 6) is 0. The Hall–Kier alpha value is 0.0800. The van der Waals surface area contributed by atoms with E-state index in [-0.39, 0.29) is 12.0 Å². The molecule has 6 nitrogen and oxygen atoms in total. The topological polar surface area (TPSA) is 97.7 Å². The molecule has 1 unspecified atom stereocenters. The summed E-state index contributed by atoms with van der Waals surface area (Å²) in [4.78, 5) is 0. The second-order valence-electron chi connectivity index (χ2n) is 3.68. The summed E-state index contributed by atoms with van der Waals surface area (Å²) in [5.41, 5.74) is 0. The molecule has 1 atom stereocenters. The van der Waals surface area contributed by atoms with Crippen LogP contribution in [0.5, 0.6) is 0 Å². The van der Waals surface area contributed by atoms with Crippen molar-refractivity contribution in [2.24, 2.45) is 0 Å². The van der Waals surface area contributed by atoms with Crippen molar-refractivity contribution in [2.75, 3.05) is 34.3 Å². The molecule has 2 N–H and O–H groups in total. The molecule has 0 spiro atoms. The quantitative estimate of drug-likeness (QED) is 0.298. The van der Waals surface area contributed by atoms with Crippen LogP contribution >= 0.6 is 11.6 Å². The monoisotopic (exact) mass is 249 g/mol. The Morgan fingerprint density at radius 2 is 1.71 bits per heavy atom. The minimum absolute atomic E-state index is 0.0665. The second-order valence-corrected chi connectivity index (χ2v) is 5.15. The molecule has 0 rings (SSSR count). The van der Waals surface area contributed by atoms with Crippen LogP contribution in [0.2, 0.25) is 0 Å². The Kier molecular flexibility index (Phi) is 7.71. The maximum absolute atomic E-state index is 8.63. The van der Waals surface area contributed by atoms with E-state index in [2.05, 4.69) is 0 Å². The van der Waals surface area contributed by atoms with Gasteiger partial charge in [-0.2, -0.15) is 0 Å². The second kappa shape index (κ2) is 6.54. The highest BCUT2D eigenvalue weighted by Gasteiger charge is 2.13. The van der Waals surface area contributed by atoms with Crippen LogP contribution in [0.1, 0.15) is 0 Å². The molecule has 14 heavy (non-hydrogen) atoms. The lowest BCUT2D eigenvalue weighted by atomic mass is 10.4. The van der Waals surface area contributed by atoms with Gasteiger partial charge in [-0.25, -0.2) is 8.42 Å². The number of rotatable bonds is 3. The first-order valence-corrected chi connectivity index (χ1v) is 5.49. The van der Waals surface area contributed by atoms with Crippen molar-refractivity contribution < 1.29 is 27.1 Å². The fraction of sp³-hybridized carbons (Fsp3) is 1.00. The average Bonchev–Trinajstić information content (AvgIpc) is 1.79. The fourth-order valence-corrected chi connectivity index (χ4v) is 1.07. The van der Waals surface area contributed by atoms with Gasteiger partial charge in [0.25, 0.3) is 0 Å². The number of aliphatic hydroxyl groups is 1. The van der Waals surface area contributed by atoms with Gasteiger partial charge in [0.2, 0.25) is 10.4 Å². The van der Waals surface area contributed by atoms with Crippen molar-refractivity contribution in [2.45, 2.75) is 5.38 Å². The highest BCUT2D eigenvalue weighted by molar-refractivity contribution is 7.79. The minimum atomic E-state index is -4.92. The standard InChI is InChI=1S/C6H15ClNO.H2O4S/c1-8(2,3)4-6(7)5-9;1-5(2,3)4/h6,9H,4-5H2,1-3H3;(H2,1,2,3,4)/q+1;/p-1. The third kappa shape index (κ3) is 29.6. The number of nitrogens with zero attached hydrogens (tertiary/aromatic N) is 1. The third-order valence-corrected chi connectivity index (χ3v) is 1.22. The molecule has 0 fully saturated rings. The summed E-state index contributed by atoms with van der Waals surface area (Å²) in [7, 11) is 1.22. The van der Waals surface area contributed by atoms with Crippen LogP contribution in [0, 0.1) is 0 Å². The van der Waals surface area contributed by atoms with E-state index in [1.54, 1.807) is 0 Å². The highest BCUT2D eigenvalue weighted by Crippen LogP contribution is 2.00. The van der Waals surface area contributed by atoms with E-state index < -0.39 is 10.4 Å². The molecule has 0 aliphatic carbocycles. The summed E-state index contributed by atoms with van der Waals surface area (Å²) in [6, 6.07) is 0. The van der Waals surface area contributed by atoms with Crippen molar-refractivity contribution in [3.8, 4) is 0 Å². The maximum Gasteiger partial charge on any atom is 0.215 e. The van der Waals surface area contributed by atoms with E-state index >= 15 is 0 Å². The SMILES string of the molecule is C[N+](C)(C)CC(Cl)CO.O=S(=O)([O-])O. The van der Waals surface area contributed by atoms with Gasteiger partial charge in [0.15, 0.2) is 0 Å². The first-order valence-electron chi connectivity index (χ1n) is 3.69. The molecule has 0 aliphatic heterocycles. The van der Waals surface area contributed by atoms with Gasteiger partial charge in [0.05, 0.1) is 34.3 Å². The van der Waals surface area contributed by atoms with Crippen LogP contribution in [0.25, 0.3) is 0 Å². The van der Waals surface area contributed by atoms with E-state index in [0.29, 0.717) is 0 Å². The Bertz CT molecular complexity index is 227. The molecular formula is C6H16ClNO5S. The van der Waals surface area contributed by atoms with Crippen molar-refractivity contribution >= 4 is 22.0 Å². The lowest BCUT2D eigenvalue weighted by Gasteiger charge is -2.25. The van der Waals surface area contributed by atoms with Crippen molar-refractivity contribution in [1.82, 2.24) is 0 Å². The largest absolute Gasteiger partial charge is 0.726 e. The van der Waals surface area contributed by atoms with Crippen molar-refractivity contribution in [3.63, 3.8) is 0 Å². The van der Waals surface area contributed by atoms with E-state index in [9.17, 15) is 0 Å². The van der Waals surface area contributed by atoms with Crippen molar-refractivity contribution in [1.29, 1.82) is 0 Å². The molecule has 0 saturated heterocycles. The molecule has 0 amide bonds. The molecule has 0 saturated carbocycles. The van der Waals surface area contributed by atoms with Gasteiger partial charge in [-0.3, -0.25) is 4.55 Å². The number of halogens is 1. The number of hydrogen-bond donors (Lipinski definition) is 2. The van der Waals surface area contributed by atoms with Crippen LogP contribution < -0.4 is 0 Å². The molecule has 88 valence electrons. The average molecular weight is 250 g/mol. The third-order valence-electron chi connectivity index (χ3n) is 0.944. The van der Waals surface area contributed by atoms with Crippen LogP contribution in [-0.4, -0.2) is 66.8 Å². The Morgan fingerprint density at radius 1 is 1.43 bits per heavy atom. The number of alkyl halides is 1. The Morgan fingerprint density at radius 3 is 1.79 bits per heavy atom. The molecule has 0 aliphatic rings. The van der Waals surface area contributed by atoms with Gasteiger partial charge in [-0.15, -0.1) is 11.6 Å². The van der Waals surface area contributed by atoms with Crippen LogP contribution in [0.15, 0.2) is 0 Å². The van der Waals surface area contributed by atoms with Gasteiger partial charge < -0.3 is 14.1 Å². The van der Waals surface area contributed by atoms with Gasteiger partial charge in [0.1, 0.15) is 5.38 Å². The van der Waals surface area contributed by atoms with Gasteiger partial charge in [-0.1, -0.05) is 0 Å². The first kappa shape index (κ1) is 16.5. The van der Waals surface area contributed by atoms with Crippen molar-refractivity contribution in [3.05, 3.63) is 0 Å². The van der Waals surface area contributed by atoms with E-state index in [0.717, 1.165) is 11.0 Å². The van der Waals surface area contributed by atoms with E-state index in [4.69, 9.17) is 34.2 Å². The number of hydrogen-bond acceptors (Lipinski definition) is 4. The predicted molar refractivity (Wildman–Crippen MR) is 52.0 cm³/mol. The molecule has 0 heterocycles. The summed E-state index contributed by atoms with van der Waals surface area (Å²) >= 11 is 5.68. The highest BCUT2D eigenvalue weighted by atomic mass is 35.5. The summed E-state index contributed by atoms with van der Waals surface area (Å²) < 4.78 is 33.6. The molecule has 0 aromatic carbocycles. The van der Waals surface area contributed by atoms with E-state index in [1.165, 1.54) is 0 Å². The van der Waals surface area contributed by atoms with Crippen LogP contribution in [0.3, 0.4) is 0 Å². The van der Waals surface area contributed by atoms with Gasteiger partial charge in [0, 0.05) is 0 Å². The van der Waals surface area contributed by atoms with Gasteiger partial charge >= 0.3 is 0 Å². The molecular weight excluding hydrogens is 234 g/mol. The lowest BCUT2D eigenvalue weighted by molar-refractivity contribution is -0.870. The molecule has 0 bridgehead atoms. The normalized spacial score (nSPS) is 14.2. The lowest BCUT2D eigenvalue weighted by Crippen LogP contribution is -2.40. The zero-order valence-electron chi connectivity index (χ0n) is 8.34. The summed E-state index contributed by atoms with van der Waals surface area (Å²) in [6.45, 7) is 0.870. The number of quaternary nitrogens is 1. The number of aliphatic hydroxyl groups excluding tert-OH is 1. The maximum atomic E-state index is 8.63. The summed E-state index contributed by atoms with van der Waals surface area (Å²) in [6.07, 6.45) is 0. The Balaban J connectivity index is 0. The zero-order chi connectivity index (χ0) is 12.0. The van der Waals surface area contributed by atoms with Gasteiger partial charge in [-0.05, 0) is 0 Å². The molecule has 0 aromatic rings.